The van der Waals surface area contributed by atoms with Gasteiger partial charge in [0.2, 0.25) is 0 Å². The molecule has 0 saturated carbocycles. The minimum absolute atomic E-state index is 0.416. The molecular weight excluding hydrogens is 392 g/mol. The third kappa shape index (κ3) is 4.18. The summed E-state index contributed by atoms with van der Waals surface area (Å²) in [6.07, 6.45) is -1.71. The summed E-state index contributed by atoms with van der Waals surface area (Å²) in [5.41, 5.74) is 8.40. The zero-order chi connectivity index (χ0) is 22.3. The van der Waals surface area contributed by atoms with Crippen molar-refractivity contribution in [1.82, 2.24) is 0 Å². The molecule has 5 nitrogen and oxygen atoms in total. The van der Waals surface area contributed by atoms with Crippen LogP contribution in [0.4, 0.5) is 0 Å². The van der Waals surface area contributed by atoms with Gasteiger partial charge >= 0.3 is 0 Å². The standard InChI is InChI=1S/C26H34O5/c1-14(2)17-9-7-16(8-10-17)11-18-12-21(15(3)19-5-4-6-20(18)19)26-25(30)24(29)23(28)22(13-27)31-26/h7-10,12,14,22-30H,4-6,11,13H2,1-3H3/t22-,23+,24+,25+,26+/m1/s1. The third-order valence-electron chi connectivity index (χ3n) is 7.06. The summed E-state index contributed by atoms with van der Waals surface area (Å²) in [6.45, 7) is 6.01. The number of aliphatic hydroxyl groups is 4. The van der Waals surface area contributed by atoms with Crippen molar-refractivity contribution in [2.75, 3.05) is 6.61 Å². The lowest BCUT2D eigenvalue weighted by atomic mass is 9.84. The van der Waals surface area contributed by atoms with Crippen molar-refractivity contribution in [3.63, 3.8) is 0 Å². The summed E-state index contributed by atoms with van der Waals surface area (Å²) in [4.78, 5) is 0. The molecular formula is C26H34O5. The van der Waals surface area contributed by atoms with Crippen molar-refractivity contribution in [3.05, 3.63) is 69.3 Å². The molecule has 1 heterocycles. The van der Waals surface area contributed by atoms with Gasteiger partial charge in [0.05, 0.1) is 6.61 Å². The van der Waals surface area contributed by atoms with Crippen LogP contribution in [0.15, 0.2) is 30.3 Å². The Kier molecular flexibility index (Phi) is 6.52. The number of fused-ring (bicyclic) bond motifs is 1. The highest BCUT2D eigenvalue weighted by Crippen LogP contribution is 2.39. The Balaban J connectivity index is 1.71. The van der Waals surface area contributed by atoms with E-state index < -0.39 is 37.1 Å². The lowest BCUT2D eigenvalue weighted by Crippen LogP contribution is -2.55. The lowest BCUT2D eigenvalue weighted by Gasteiger charge is -2.41. The van der Waals surface area contributed by atoms with E-state index in [1.54, 1.807) is 0 Å². The fraction of sp³-hybridized carbons (Fsp3) is 0.538. The van der Waals surface area contributed by atoms with E-state index in [-0.39, 0.29) is 0 Å². The summed E-state index contributed by atoms with van der Waals surface area (Å²) >= 11 is 0. The predicted octanol–water partition coefficient (Wildman–Crippen LogP) is 2.71. The van der Waals surface area contributed by atoms with Crippen molar-refractivity contribution < 1.29 is 25.2 Å². The minimum atomic E-state index is -1.37. The van der Waals surface area contributed by atoms with E-state index in [4.69, 9.17) is 4.74 Å². The van der Waals surface area contributed by atoms with Crippen molar-refractivity contribution in [2.24, 2.45) is 0 Å². The maximum Gasteiger partial charge on any atom is 0.113 e. The van der Waals surface area contributed by atoms with Crippen LogP contribution in [-0.2, 0) is 24.0 Å². The fourth-order valence-electron chi connectivity index (χ4n) is 5.12. The Morgan fingerprint density at radius 2 is 1.65 bits per heavy atom. The molecule has 0 bridgehead atoms. The maximum absolute atomic E-state index is 10.7. The highest BCUT2D eigenvalue weighted by molar-refractivity contribution is 5.50. The van der Waals surface area contributed by atoms with E-state index in [2.05, 4.69) is 44.2 Å². The normalized spacial score (nSPS) is 28.2. The second kappa shape index (κ2) is 9.00. The first-order valence-electron chi connectivity index (χ1n) is 11.3. The second-order valence-corrected chi connectivity index (χ2v) is 9.38. The van der Waals surface area contributed by atoms with Crippen molar-refractivity contribution in [3.8, 4) is 0 Å². The minimum Gasteiger partial charge on any atom is -0.394 e. The molecule has 4 N–H and O–H groups in total. The number of benzene rings is 2. The smallest absolute Gasteiger partial charge is 0.113 e. The van der Waals surface area contributed by atoms with Crippen LogP contribution in [-0.4, -0.2) is 51.4 Å². The van der Waals surface area contributed by atoms with Gasteiger partial charge in [0.15, 0.2) is 0 Å². The molecule has 168 valence electrons. The molecule has 0 aromatic heterocycles. The SMILES string of the molecule is Cc1c([C@@H]2O[C@H](CO)[C@H](O)[C@H](O)[C@@H]2O)cc(Cc2ccc(C(C)C)cc2)c2c1CCC2. The number of ether oxygens (including phenoxy) is 1. The van der Waals surface area contributed by atoms with Crippen LogP contribution in [0.5, 0.6) is 0 Å². The van der Waals surface area contributed by atoms with E-state index in [1.165, 1.54) is 27.8 Å². The van der Waals surface area contributed by atoms with Crippen molar-refractivity contribution in [2.45, 2.75) is 82.9 Å². The highest BCUT2D eigenvalue weighted by atomic mass is 16.5. The average molecular weight is 427 g/mol. The first-order chi connectivity index (χ1) is 14.8. The molecule has 4 rings (SSSR count). The number of rotatable bonds is 5. The van der Waals surface area contributed by atoms with Gasteiger partial charge in [-0.1, -0.05) is 44.2 Å². The Morgan fingerprint density at radius 3 is 2.29 bits per heavy atom. The maximum atomic E-state index is 10.7. The third-order valence-corrected chi connectivity index (χ3v) is 7.06. The molecule has 1 aliphatic carbocycles. The van der Waals surface area contributed by atoms with Gasteiger partial charge in [-0.2, -0.15) is 0 Å². The molecule has 5 heteroatoms. The molecule has 2 aliphatic rings. The van der Waals surface area contributed by atoms with Crippen LogP contribution in [0.2, 0.25) is 0 Å². The Morgan fingerprint density at radius 1 is 0.968 bits per heavy atom. The van der Waals surface area contributed by atoms with Gasteiger partial charge in [-0.15, -0.1) is 0 Å². The Bertz CT molecular complexity index is 918. The van der Waals surface area contributed by atoms with Gasteiger partial charge in [0.1, 0.15) is 30.5 Å². The molecule has 31 heavy (non-hydrogen) atoms. The van der Waals surface area contributed by atoms with E-state index in [0.29, 0.717) is 5.92 Å². The molecule has 2 aromatic carbocycles. The molecule has 0 amide bonds. The van der Waals surface area contributed by atoms with Gasteiger partial charge < -0.3 is 25.2 Å². The topological polar surface area (TPSA) is 90.2 Å². The van der Waals surface area contributed by atoms with Crippen molar-refractivity contribution >= 4 is 0 Å². The molecule has 5 atom stereocenters. The van der Waals surface area contributed by atoms with Gasteiger partial charge in [0, 0.05) is 0 Å². The van der Waals surface area contributed by atoms with Crippen LogP contribution in [0, 0.1) is 6.92 Å². The van der Waals surface area contributed by atoms with Gasteiger partial charge in [-0.3, -0.25) is 0 Å². The highest BCUT2D eigenvalue weighted by Gasteiger charge is 2.44. The summed E-state index contributed by atoms with van der Waals surface area (Å²) in [5.74, 6) is 0.496. The fourth-order valence-corrected chi connectivity index (χ4v) is 5.12. The quantitative estimate of drug-likeness (QED) is 0.590. The van der Waals surface area contributed by atoms with Crippen LogP contribution in [0.1, 0.15) is 71.2 Å². The van der Waals surface area contributed by atoms with Crippen LogP contribution in [0.3, 0.4) is 0 Å². The largest absolute Gasteiger partial charge is 0.394 e. The Hall–Kier alpha value is -1.76. The van der Waals surface area contributed by atoms with Gasteiger partial charge in [-0.25, -0.2) is 0 Å². The molecule has 1 saturated heterocycles. The van der Waals surface area contributed by atoms with Crippen LogP contribution < -0.4 is 0 Å². The molecule has 0 radical (unpaired) electrons. The van der Waals surface area contributed by atoms with E-state index >= 15 is 0 Å². The number of hydrogen-bond donors (Lipinski definition) is 4. The van der Waals surface area contributed by atoms with E-state index in [0.717, 1.165) is 36.8 Å². The molecule has 1 aliphatic heterocycles. The molecule has 2 aromatic rings. The number of hydrogen-bond acceptors (Lipinski definition) is 5. The molecule has 0 spiro atoms. The zero-order valence-corrected chi connectivity index (χ0v) is 18.6. The molecule has 1 fully saturated rings. The van der Waals surface area contributed by atoms with Gasteiger partial charge in [0.25, 0.3) is 0 Å². The van der Waals surface area contributed by atoms with E-state index in [9.17, 15) is 20.4 Å². The van der Waals surface area contributed by atoms with Crippen molar-refractivity contribution in [1.29, 1.82) is 0 Å². The first kappa shape index (κ1) is 22.4. The first-order valence-corrected chi connectivity index (χ1v) is 11.3. The zero-order valence-electron chi connectivity index (χ0n) is 18.6. The Labute approximate surface area is 184 Å². The summed E-state index contributed by atoms with van der Waals surface area (Å²) < 4.78 is 5.89. The molecule has 0 unspecified atom stereocenters. The summed E-state index contributed by atoms with van der Waals surface area (Å²) in [5, 5.41) is 40.7. The number of aliphatic hydroxyl groups excluding tert-OH is 4. The second-order valence-electron chi connectivity index (χ2n) is 9.38. The average Bonchev–Trinajstić information content (AvgIpc) is 3.26. The van der Waals surface area contributed by atoms with Crippen LogP contribution in [0.25, 0.3) is 0 Å². The van der Waals surface area contributed by atoms with Crippen LogP contribution >= 0.6 is 0 Å². The lowest BCUT2D eigenvalue weighted by molar-refractivity contribution is -0.231. The van der Waals surface area contributed by atoms with Gasteiger partial charge in [-0.05, 0) is 77.5 Å². The summed E-state index contributed by atoms with van der Waals surface area (Å²) in [6, 6.07) is 10.8. The predicted molar refractivity (Wildman–Crippen MR) is 119 cm³/mol. The monoisotopic (exact) mass is 426 g/mol. The van der Waals surface area contributed by atoms with E-state index in [1.807, 2.05) is 6.92 Å². The summed E-state index contributed by atoms with van der Waals surface area (Å²) in [7, 11) is 0.